The van der Waals surface area contributed by atoms with E-state index in [0.717, 1.165) is 17.9 Å². The van der Waals surface area contributed by atoms with Crippen LogP contribution in [0.15, 0.2) is 24.3 Å². The lowest BCUT2D eigenvalue weighted by molar-refractivity contribution is 0.296. The molecule has 0 amide bonds. The molecule has 0 spiro atoms. The smallest absolute Gasteiger partial charge is 0.0406 e. The summed E-state index contributed by atoms with van der Waals surface area (Å²) in [4.78, 5) is 0. The van der Waals surface area contributed by atoms with E-state index in [1.807, 2.05) is 12.1 Å². The van der Waals surface area contributed by atoms with E-state index in [2.05, 4.69) is 32.9 Å². The fraction of sp³-hybridized carbons (Fsp3) is 0.538. The number of hydrogen-bond donors (Lipinski definition) is 1. The van der Waals surface area contributed by atoms with E-state index in [1.165, 1.54) is 5.56 Å². The van der Waals surface area contributed by atoms with Gasteiger partial charge in [-0.1, -0.05) is 44.5 Å². The van der Waals surface area contributed by atoms with Crippen molar-refractivity contribution in [2.24, 2.45) is 11.7 Å². The molecule has 1 nitrogen and oxygen atoms in total. The topological polar surface area (TPSA) is 26.0 Å². The Morgan fingerprint density at radius 1 is 1.27 bits per heavy atom. The maximum atomic E-state index is 6.38. The van der Waals surface area contributed by atoms with Gasteiger partial charge >= 0.3 is 0 Å². The zero-order valence-corrected chi connectivity index (χ0v) is 10.5. The van der Waals surface area contributed by atoms with Crippen LogP contribution in [0.3, 0.4) is 0 Å². The average Bonchev–Trinajstić information content (AvgIpc) is 2.21. The van der Waals surface area contributed by atoms with Crippen molar-refractivity contribution in [3.8, 4) is 0 Å². The van der Waals surface area contributed by atoms with Crippen LogP contribution < -0.4 is 5.73 Å². The van der Waals surface area contributed by atoms with E-state index in [1.54, 1.807) is 0 Å². The largest absolute Gasteiger partial charge is 0.325 e. The molecule has 0 radical (unpaired) electrons. The van der Waals surface area contributed by atoms with Crippen molar-refractivity contribution in [1.29, 1.82) is 0 Å². The Kier molecular flexibility index (Phi) is 4.18. The monoisotopic (exact) mass is 225 g/mol. The Balaban J connectivity index is 2.79. The van der Waals surface area contributed by atoms with Crippen LogP contribution in [0.1, 0.15) is 32.8 Å². The standard InChI is InChI=1S/C13H20ClN/c1-4-13(15,10(2)3)9-11-5-7-12(14)8-6-11/h5-8,10H,4,9,15H2,1-3H3. The minimum absolute atomic E-state index is 0.103. The summed E-state index contributed by atoms with van der Waals surface area (Å²) in [5.74, 6) is 0.484. The van der Waals surface area contributed by atoms with Crippen molar-refractivity contribution in [3.63, 3.8) is 0 Å². The average molecular weight is 226 g/mol. The second kappa shape index (κ2) is 5.00. The maximum Gasteiger partial charge on any atom is 0.0406 e. The molecule has 1 unspecified atom stereocenters. The lowest BCUT2D eigenvalue weighted by Crippen LogP contribution is -2.46. The normalized spacial score (nSPS) is 15.3. The fourth-order valence-electron chi connectivity index (χ4n) is 1.72. The third-order valence-corrected chi connectivity index (χ3v) is 3.51. The minimum Gasteiger partial charge on any atom is -0.325 e. The van der Waals surface area contributed by atoms with Crippen molar-refractivity contribution >= 4 is 11.6 Å². The van der Waals surface area contributed by atoms with Gasteiger partial charge in [-0.15, -0.1) is 0 Å². The Morgan fingerprint density at radius 3 is 2.20 bits per heavy atom. The van der Waals surface area contributed by atoms with Crippen LogP contribution >= 0.6 is 11.6 Å². The molecule has 0 saturated carbocycles. The van der Waals surface area contributed by atoms with Gasteiger partial charge in [-0.3, -0.25) is 0 Å². The molecular weight excluding hydrogens is 206 g/mol. The van der Waals surface area contributed by atoms with Crippen LogP contribution in [0.4, 0.5) is 0 Å². The molecule has 0 fully saturated rings. The second-order valence-corrected chi connectivity index (χ2v) is 4.98. The zero-order valence-electron chi connectivity index (χ0n) is 9.76. The van der Waals surface area contributed by atoms with Crippen LogP contribution in [0, 0.1) is 5.92 Å². The zero-order chi connectivity index (χ0) is 11.5. The van der Waals surface area contributed by atoms with Crippen LogP contribution in [-0.2, 0) is 6.42 Å². The van der Waals surface area contributed by atoms with Gasteiger partial charge in [-0.25, -0.2) is 0 Å². The summed E-state index contributed by atoms with van der Waals surface area (Å²) in [6.45, 7) is 6.51. The van der Waals surface area contributed by atoms with Crippen molar-refractivity contribution in [2.45, 2.75) is 39.2 Å². The number of hydrogen-bond acceptors (Lipinski definition) is 1. The molecule has 1 atom stereocenters. The molecule has 2 heteroatoms. The Bertz CT molecular complexity index is 305. The number of halogens is 1. The molecule has 0 aromatic heterocycles. The first-order chi connectivity index (χ1) is 6.98. The van der Waals surface area contributed by atoms with E-state index in [-0.39, 0.29) is 5.54 Å². The van der Waals surface area contributed by atoms with E-state index in [9.17, 15) is 0 Å². The molecule has 0 aliphatic carbocycles. The molecule has 0 saturated heterocycles. The van der Waals surface area contributed by atoms with E-state index >= 15 is 0 Å². The highest BCUT2D eigenvalue weighted by Crippen LogP contribution is 2.23. The first-order valence-corrected chi connectivity index (χ1v) is 5.89. The van der Waals surface area contributed by atoms with Gasteiger partial charge in [0.2, 0.25) is 0 Å². The molecule has 1 aromatic rings. The first kappa shape index (κ1) is 12.5. The van der Waals surface area contributed by atoms with Crippen LogP contribution in [0.5, 0.6) is 0 Å². The van der Waals surface area contributed by atoms with Gasteiger partial charge in [0.05, 0.1) is 0 Å². The molecule has 84 valence electrons. The molecular formula is C13H20ClN. The van der Waals surface area contributed by atoms with Gasteiger partial charge in [0.1, 0.15) is 0 Å². The predicted molar refractivity (Wildman–Crippen MR) is 67.2 cm³/mol. The molecule has 0 bridgehead atoms. The van der Waals surface area contributed by atoms with E-state index in [4.69, 9.17) is 17.3 Å². The first-order valence-electron chi connectivity index (χ1n) is 5.51. The highest BCUT2D eigenvalue weighted by Gasteiger charge is 2.26. The summed E-state index contributed by atoms with van der Waals surface area (Å²) in [5, 5.41) is 0.780. The predicted octanol–water partition coefficient (Wildman–Crippen LogP) is 3.65. The van der Waals surface area contributed by atoms with Crippen LogP contribution in [0.25, 0.3) is 0 Å². The van der Waals surface area contributed by atoms with E-state index in [0.29, 0.717) is 5.92 Å². The Morgan fingerprint density at radius 2 is 1.80 bits per heavy atom. The lowest BCUT2D eigenvalue weighted by atomic mass is 9.80. The number of benzene rings is 1. The van der Waals surface area contributed by atoms with E-state index < -0.39 is 0 Å². The van der Waals surface area contributed by atoms with Gasteiger partial charge in [-0.2, -0.15) is 0 Å². The molecule has 1 aromatic carbocycles. The van der Waals surface area contributed by atoms with Gasteiger partial charge in [0.25, 0.3) is 0 Å². The number of nitrogens with two attached hydrogens (primary N) is 1. The summed E-state index contributed by atoms with van der Waals surface area (Å²) in [6.07, 6.45) is 1.91. The summed E-state index contributed by atoms with van der Waals surface area (Å²) in [6, 6.07) is 7.96. The summed E-state index contributed by atoms with van der Waals surface area (Å²) >= 11 is 5.85. The minimum atomic E-state index is -0.103. The third kappa shape index (κ3) is 3.22. The lowest BCUT2D eigenvalue weighted by Gasteiger charge is -2.32. The maximum absolute atomic E-state index is 6.38. The van der Waals surface area contributed by atoms with Crippen molar-refractivity contribution in [3.05, 3.63) is 34.9 Å². The van der Waals surface area contributed by atoms with Gasteiger partial charge < -0.3 is 5.73 Å². The van der Waals surface area contributed by atoms with Crippen LogP contribution in [-0.4, -0.2) is 5.54 Å². The fourth-order valence-corrected chi connectivity index (χ4v) is 1.85. The summed E-state index contributed by atoms with van der Waals surface area (Å²) < 4.78 is 0. The summed E-state index contributed by atoms with van der Waals surface area (Å²) in [7, 11) is 0. The highest BCUT2D eigenvalue weighted by molar-refractivity contribution is 6.30. The second-order valence-electron chi connectivity index (χ2n) is 4.54. The Labute approximate surface area is 97.6 Å². The highest BCUT2D eigenvalue weighted by atomic mass is 35.5. The van der Waals surface area contributed by atoms with Gasteiger partial charge in [-0.05, 0) is 36.5 Å². The van der Waals surface area contributed by atoms with Crippen molar-refractivity contribution in [2.75, 3.05) is 0 Å². The molecule has 15 heavy (non-hydrogen) atoms. The van der Waals surface area contributed by atoms with Gasteiger partial charge in [0, 0.05) is 10.6 Å². The SMILES string of the molecule is CCC(N)(Cc1ccc(Cl)cc1)C(C)C. The van der Waals surface area contributed by atoms with Crippen molar-refractivity contribution in [1.82, 2.24) is 0 Å². The van der Waals surface area contributed by atoms with Crippen LogP contribution in [0.2, 0.25) is 5.02 Å². The van der Waals surface area contributed by atoms with Crippen molar-refractivity contribution < 1.29 is 0 Å². The van der Waals surface area contributed by atoms with Gasteiger partial charge in [0.15, 0.2) is 0 Å². The third-order valence-electron chi connectivity index (χ3n) is 3.25. The molecule has 2 N–H and O–H groups in total. The molecule has 0 heterocycles. The summed E-state index contributed by atoms with van der Waals surface area (Å²) in [5.41, 5.74) is 7.54. The number of rotatable bonds is 4. The molecule has 0 aliphatic rings. The molecule has 1 rings (SSSR count). The quantitative estimate of drug-likeness (QED) is 0.832. The Hall–Kier alpha value is -0.530. The molecule has 0 aliphatic heterocycles.